The predicted octanol–water partition coefficient (Wildman–Crippen LogP) is 3.18. The second kappa shape index (κ2) is 7.89. The highest BCUT2D eigenvalue weighted by molar-refractivity contribution is 7.92. The fraction of sp³-hybridized carbons (Fsp3) is 0.350. The molecule has 0 radical (unpaired) electrons. The number of hydrogen-bond acceptors (Lipinski definition) is 4. The molecule has 1 aliphatic rings. The van der Waals surface area contributed by atoms with E-state index >= 15 is 0 Å². The number of benzene rings is 2. The average Bonchev–Trinajstić information content (AvgIpc) is 2.60. The summed E-state index contributed by atoms with van der Waals surface area (Å²) in [5.74, 6) is -0.779. The van der Waals surface area contributed by atoms with E-state index in [9.17, 15) is 17.6 Å². The molecule has 8 heteroatoms. The molecule has 2 aromatic carbocycles. The fourth-order valence-corrected chi connectivity index (χ4v) is 4.69. The molecule has 0 aliphatic carbocycles. The third-order valence-corrected chi connectivity index (χ3v) is 6.06. The number of halogens is 1. The second-order valence-electron chi connectivity index (χ2n) is 7.03. The first-order chi connectivity index (χ1) is 13.2. The number of nitrogens with one attached hydrogen (secondary N) is 1. The first-order valence-corrected chi connectivity index (χ1v) is 10.5. The van der Waals surface area contributed by atoms with E-state index in [1.807, 2.05) is 13.8 Å². The largest absolute Gasteiger partial charge is 0.372 e. The lowest BCUT2D eigenvalue weighted by atomic mass is 10.1. The van der Waals surface area contributed by atoms with E-state index in [0.717, 1.165) is 12.1 Å². The van der Waals surface area contributed by atoms with Crippen LogP contribution in [0.3, 0.4) is 0 Å². The van der Waals surface area contributed by atoms with Gasteiger partial charge in [-0.2, -0.15) is 0 Å². The van der Waals surface area contributed by atoms with Gasteiger partial charge in [0.25, 0.3) is 15.9 Å². The Balaban J connectivity index is 1.91. The van der Waals surface area contributed by atoms with Crippen LogP contribution in [0.5, 0.6) is 0 Å². The van der Waals surface area contributed by atoms with E-state index in [1.165, 1.54) is 19.1 Å². The third kappa shape index (κ3) is 4.34. The van der Waals surface area contributed by atoms with Gasteiger partial charge < -0.3 is 9.64 Å². The van der Waals surface area contributed by atoms with Crippen molar-refractivity contribution in [1.29, 1.82) is 0 Å². The quantitative estimate of drug-likeness (QED) is 0.846. The monoisotopic (exact) mass is 406 g/mol. The molecule has 1 N–H and O–H groups in total. The summed E-state index contributed by atoms with van der Waals surface area (Å²) in [6.07, 6.45) is -0.197. The van der Waals surface area contributed by atoms with Crippen LogP contribution in [0.2, 0.25) is 0 Å². The minimum absolute atomic E-state index is 0.0373. The van der Waals surface area contributed by atoms with Crippen LogP contribution >= 0.6 is 0 Å². The molecule has 150 valence electrons. The minimum Gasteiger partial charge on any atom is -0.372 e. The Kier molecular flexibility index (Phi) is 5.71. The molecule has 2 atom stereocenters. The Labute approximate surface area is 164 Å². The van der Waals surface area contributed by atoms with Gasteiger partial charge in [0.05, 0.1) is 28.4 Å². The van der Waals surface area contributed by atoms with Crippen molar-refractivity contribution < 1.29 is 22.3 Å². The van der Waals surface area contributed by atoms with Crippen molar-refractivity contribution in [2.24, 2.45) is 0 Å². The molecule has 0 unspecified atom stereocenters. The van der Waals surface area contributed by atoms with Gasteiger partial charge in [-0.05, 0) is 56.7 Å². The molecular weight excluding hydrogens is 383 g/mol. The van der Waals surface area contributed by atoms with Crippen molar-refractivity contribution in [3.8, 4) is 0 Å². The molecule has 2 aromatic rings. The number of morpholine rings is 1. The van der Waals surface area contributed by atoms with Gasteiger partial charge in [-0.25, -0.2) is 12.8 Å². The molecule has 3 rings (SSSR count). The number of anilines is 1. The van der Waals surface area contributed by atoms with Crippen LogP contribution in [0.25, 0.3) is 0 Å². The maximum absolute atomic E-state index is 13.3. The minimum atomic E-state index is -3.98. The van der Waals surface area contributed by atoms with Crippen LogP contribution in [0, 0.1) is 12.7 Å². The summed E-state index contributed by atoms with van der Waals surface area (Å²) in [7, 11) is -3.98. The SMILES string of the molecule is Cc1cc(F)ccc1S(=O)(=O)Nc1ccccc1C(=O)N1C[C@@H](C)O[C@H](C)C1. The van der Waals surface area contributed by atoms with E-state index in [4.69, 9.17) is 4.74 Å². The number of carbonyl (C=O) groups excluding carboxylic acids is 1. The maximum atomic E-state index is 13.3. The molecule has 6 nitrogen and oxygen atoms in total. The summed E-state index contributed by atoms with van der Waals surface area (Å²) < 4.78 is 47.1. The van der Waals surface area contributed by atoms with Crippen molar-refractivity contribution in [3.05, 3.63) is 59.4 Å². The molecule has 1 fully saturated rings. The normalized spacial score (nSPS) is 20.1. The van der Waals surface area contributed by atoms with E-state index in [1.54, 1.807) is 23.1 Å². The van der Waals surface area contributed by atoms with Crippen molar-refractivity contribution in [3.63, 3.8) is 0 Å². The van der Waals surface area contributed by atoms with Crippen LogP contribution in [-0.4, -0.2) is 44.5 Å². The number of ether oxygens (including phenoxy) is 1. The van der Waals surface area contributed by atoms with Gasteiger partial charge in [0.15, 0.2) is 0 Å². The van der Waals surface area contributed by atoms with Gasteiger partial charge in [-0.15, -0.1) is 0 Å². The Bertz CT molecular complexity index is 983. The van der Waals surface area contributed by atoms with E-state index in [2.05, 4.69) is 4.72 Å². The Morgan fingerprint density at radius 1 is 1.14 bits per heavy atom. The zero-order chi connectivity index (χ0) is 20.5. The predicted molar refractivity (Wildman–Crippen MR) is 104 cm³/mol. The van der Waals surface area contributed by atoms with Crippen LogP contribution in [0.1, 0.15) is 29.8 Å². The topological polar surface area (TPSA) is 75.7 Å². The summed E-state index contributed by atoms with van der Waals surface area (Å²) in [5.41, 5.74) is 0.724. The highest BCUT2D eigenvalue weighted by Gasteiger charge is 2.28. The summed E-state index contributed by atoms with van der Waals surface area (Å²) in [6.45, 7) is 6.16. The number of carbonyl (C=O) groups is 1. The van der Waals surface area contributed by atoms with Crippen LogP contribution in [-0.2, 0) is 14.8 Å². The molecule has 28 heavy (non-hydrogen) atoms. The van der Waals surface area contributed by atoms with Gasteiger partial charge in [0.2, 0.25) is 0 Å². The standard InChI is InChI=1S/C20H23FN2O4S/c1-13-10-16(21)8-9-19(13)28(25,26)22-18-7-5-4-6-17(18)20(24)23-11-14(2)27-15(3)12-23/h4-10,14-15,22H,11-12H2,1-3H3/t14-,15-/m1/s1. The van der Waals surface area contributed by atoms with Crippen molar-refractivity contribution >= 4 is 21.6 Å². The number of hydrogen-bond donors (Lipinski definition) is 1. The lowest BCUT2D eigenvalue weighted by Crippen LogP contribution is -2.48. The number of sulfonamides is 1. The summed E-state index contributed by atoms with van der Waals surface area (Å²) in [6, 6.07) is 9.91. The van der Waals surface area contributed by atoms with E-state index in [0.29, 0.717) is 13.1 Å². The highest BCUT2D eigenvalue weighted by atomic mass is 32.2. The number of nitrogens with zero attached hydrogens (tertiary/aromatic N) is 1. The van der Waals surface area contributed by atoms with Gasteiger partial charge in [-0.1, -0.05) is 12.1 Å². The van der Waals surface area contributed by atoms with Crippen LogP contribution < -0.4 is 4.72 Å². The first kappa shape index (κ1) is 20.3. The molecular formula is C20H23FN2O4S. The molecule has 1 heterocycles. The number of para-hydroxylation sites is 1. The fourth-order valence-electron chi connectivity index (χ4n) is 3.39. The zero-order valence-corrected chi connectivity index (χ0v) is 16.8. The molecule has 0 spiro atoms. The van der Waals surface area contributed by atoms with Gasteiger partial charge in [0.1, 0.15) is 5.82 Å². The lowest BCUT2D eigenvalue weighted by Gasteiger charge is -2.35. The zero-order valence-electron chi connectivity index (χ0n) is 16.0. The first-order valence-electron chi connectivity index (χ1n) is 9.00. The number of aryl methyl sites for hydroxylation is 1. The number of rotatable bonds is 4. The highest BCUT2D eigenvalue weighted by Crippen LogP contribution is 2.25. The molecule has 1 amide bonds. The molecule has 0 bridgehead atoms. The van der Waals surface area contributed by atoms with Gasteiger partial charge in [0, 0.05) is 13.1 Å². The second-order valence-corrected chi connectivity index (χ2v) is 8.68. The summed E-state index contributed by atoms with van der Waals surface area (Å²) in [4.78, 5) is 14.7. The Hall–Kier alpha value is -2.45. The smallest absolute Gasteiger partial charge is 0.262 e. The molecule has 0 saturated carbocycles. The summed E-state index contributed by atoms with van der Waals surface area (Å²) in [5, 5.41) is 0. The average molecular weight is 406 g/mol. The molecule has 1 aliphatic heterocycles. The summed E-state index contributed by atoms with van der Waals surface area (Å²) >= 11 is 0. The van der Waals surface area contributed by atoms with Gasteiger partial charge >= 0.3 is 0 Å². The van der Waals surface area contributed by atoms with Crippen LogP contribution in [0.15, 0.2) is 47.4 Å². The van der Waals surface area contributed by atoms with Gasteiger partial charge in [-0.3, -0.25) is 9.52 Å². The maximum Gasteiger partial charge on any atom is 0.262 e. The van der Waals surface area contributed by atoms with Crippen molar-refractivity contribution in [1.82, 2.24) is 4.90 Å². The van der Waals surface area contributed by atoms with E-state index < -0.39 is 15.8 Å². The Morgan fingerprint density at radius 3 is 2.43 bits per heavy atom. The van der Waals surface area contributed by atoms with E-state index in [-0.39, 0.29) is 39.8 Å². The van der Waals surface area contributed by atoms with Crippen molar-refractivity contribution in [2.75, 3.05) is 17.8 Å². The molecule has 0 aromatic heterocycles. The van der Waals surface area contributed by atoms with Crippen molar-refractivity contribution in [2.45, 2.75) is 37.9 Å². The Morgan fingerprint density at radius 2 is 1.79 bits per heavy atom. The lowest BCUT2D eigenvalue weighted by molar-refractivity contribution is -0.0585. The third-order valence-electron chi connectivity index (χ3n) is 4.54. The van der Waals surface area contributed by atoms with Crippen LogP contribution in [0.4, 0.5) is 10.1 Å². The number of amides is 1. The molecule has 1 saturated heterocycles.